The van der Waals surface area contributed by atoms with Crippen LogP contribution < -0.4 is 0 Å². The van der Waals surface area contributed by atoms with Crippen LogP contribution >= 0.6 is 0 Å². The zero-order valence-corrected chi connectivity index (χ0v) is 44.2. The number of esters is 2. The van der Waals surface area contributed by atoms with Crippen molar-refractivity contribution < 1.29 is 28.6 Å². The van der Waals surface area contributed by atoms with Gasteiger partial charge in [0.15, 0.2) is 11.9 Å². The number of carbonyl (C=O) groups is 3. The number of allylic oxidation sites excluding steroid dienone is 12. The predicted molar refractivity (Wildman–Crippen MR) is 289 cm³/mol. The van der Waals surface area contributed by atoms with Gasteiger partial charge in [-0.2, -0.15) is 0 Å². The number of carbonyl (C=O) groups excluding carboxylic acids is 3. The Balaban J connectivity index is 4.43. The van der Waals surface area contributed by atoms with Gasteiger partial charge in [0, 0.05) is 19.3 Å². The maximum Gasteiger partial charge on any atom is 0.306 e. The van der Waals surface area contributed by atoms with E-state index in [1.807, 2.05) is 0 Å². The van der Waals surface area contributed by atoms with Gasteiger partial charge in [0.25, 0.3) is 0 Å². The Kier molecular flexibility index (Phi) is 53.1. The van der Waals surface area contributed by atoms with E-state index in [9.17, 15) is 14.4 Å². The van der Waals surface area contributed by atoms with E-state index in [1.165, 1.54) is 109 Å². The van der Waals surface area contributed by atoms with E-state index in [1.54, 1.807) is 0 Å². The molecule has 0 aromatic heterocycles. The molecule has 0 spiro atoms. The molecule has 1 atom stereocenters. The summed E-state index contributed by atoms with van der Waals surface area (Å²) >= 11 is 0. The number of hydrogen-bond acceptors (Lipinski definition) is 6. The molecule has 0 aliphatic heterocycles. The maximum atomic E-state index is 12.8. The molecule has 1 unspecified atom stereocenters. The molecule has 6 nitrogen and oxygen atoms in total. The molecule has 0 saturated heterocycles. The SMILES string of the molecule is CCCCC/C=C\C/C=C\C/C=C\CCCCCCCC(=O)OCC(COCC(=O)CCCCCCC/C=C\CCCCCCCC)OC(=O)CCCCCCC/C=C\C/C=C\CCCCC. The summed E-state index contributed by atoms with van der Waals surface area (Å²) in [5.74, 6) is -0.523. The first-order valence-corrected chi connectivity index (χ1v) is 28.4. The van der Waals surface area contributed by atoms with Crippen molar-refractivity contribution in [1.29, 1.82) is 0 Å². The second-order valence-corrected chi connectivity index (χ2v) is 18.9. The molecule has 0 fully saturated rings. The normalized spacial score (nSPS) is 12.6. The Morgan fingerprint density at radius 3 is 1.09 bits per heavy atom. The second kappa shape index (κ2) is 55.6. The molecular formula is C61H106O6. The molecule has 0 N–H and O–H groups in total. The molecule has 0 heterocycles. The number of ketones is 1. The highest BCUT2D eigenvalue weighted by molar-refractivity contribution is 5.79. The van der Waals surface area contributed by atoms with E-state index in [2.05, 4.69) is 93.7 Å². The Labute approximate surface area is 414 Å². The van der Waals surface area contributed by atoms with Crippen molar-refractivity contribution in [3.8, 4) is 0 Å². The highest BCUT2D eigenvalue weighted by atomic mass is 16.6. The zero-order chi connectivity index (χ0) is 48.6. The molecule has 0 saturated carbocycles. The average Bonchev–Trinajstić information content (AvgIpc) is 3.32. The van der Waals surface area contributed by atoms with Crippen molar-refractivity contribution in [2.45, 2.75) is 277 Å². The standard InChI is InChI=1S/C61H106O6/c1-4-7-10-13-16-19-22-25-28-29-30-33-35-38-41-44-47-50-53-60(63)66-57-59(67-61(64)54-51-48-45-42-39-36-32-27-24-21-18-15-12-9-6-3)56-65-55-58(62)52-49-46-43-40-37-34-31-26-23-20-17-14-11-8-5-2/h16,18-19,21,25-28,30-33,59H,4-15,17,20,22-24,29,34-57H2,1-3H3/b19-16-,21-18-,28-25-,31-26-,32-27-,33-30-. The van der Waals surface area contributed by atoms with Crippen molar-refractivity contribution in [3.05, 3.63) is 72.9 Å². The molecule has 0 aromatic rings. The van der Waals surface area contributed by atoms with Crippen LogP contribution in [0.1, 0.15) is 271 Å². The van der Waals surface area contributed by atoms with Gasteiger partial charge in [0.1, 0.15) is 13.2 Å². The van der Waals surface area contributed by atoms with Gasteiger partial charge >= 0.3 is 11.9 Å². The van der Waals surface area contributed by atoms with Crippen molar-refractivity contribution >= 4 is 17.7 Å². The molecule has 67 heavy (non-hydrogen) atoms. The number of ether oxygens (including phenoxy) is 3. The first-order valence-electron chi connectivity index (χ1n) is 28.4. The molecule has 0 amide bonds. The van der Waals surface area contributed by atoms with Gasteiger partial charge in [-0.05, 0) is 116 Å². The lowest BCUT2D eigenvalue weighted by Gasteiger charge is -2.18. The number of hydrogen-bond donors (Lipinski definition) is 0. The van der Waals surface area contributed by atoms with Gasteiger partial charge in [-0.25, -0.2) is 0 Å². The maximum absolute atomic E-state index is 12.8. The molecule has 6 heteroatoms. The van der Waals surface area contributed by atoms with E-state index in [0.717, 1.165) is 122 Å². The van der Waals surface area contributed by atoms with Gasteiger partial charge in [0.2, 0.25) is 0 Å². The lowest BCUT2D eigenvalue weighted by molar-refractivity contribution is -0.163. The highest BCUT2D eigenvalue weighted by Crippen LogP contribution is 2.14. The van der Waals surface area contributed by atoms with Crippen molar-refractivity contribution in [1.82, 2.24) is 0 Å². The van der Waals surface area contributed by atoms with E-state index in [-0.39, 0.29) is 37.5 Å². The lowest BCUT2D eigenvalue weighted by atomic mass is 10.1. The summed E-state index contributed by atoms with van der Waals surface area (Å²) in [7, 11) is 0. The average molecular weight is 936 g/mol. The van der Waals surface area contributed by atoms with E-state index in [4.69, 9.17) is 14.2 Å². The van der Waals surface area contributed by atoms with Crippen LogP contribution in [0.3, 0.4) is 0 Å². The summed E-state index contributed by atoms with van der Waals surface area (Å²) < 4.78 is 17.1. The van der Waals surface area contributed by atoms with Gasteiger partial charge in [0.05, 0.1) is 6.61 Å². The molecule has 0 aromatic carbocycles. The number of rotatable bonds is 52. The van der Waals surface area contributed by atoms with E-state index in [0.29, 0.717) is 19.3 Å². The van der Waals surface area contributed by atoms with Crippen LogP contribution in [0.2, 0.25) is 0 Å². The largest absolute Gasteiger partial charge is 0.462 e. The Hall–Kier alpha value is -2.99. The number of Topliss-reactive ketones (excluding diaryl/α,β-unsaturated/α-hetero) is 1. The smallest absolute Gasteiger partial charge is 0.306 e. The van der Waals surface area contributed by atoms with E-state index >= 15 is 0 Å². The topological polar surface area (TPSA) is 78.9 Å². The molecule has 386 valence electrons. The van der Waals surface area contributed by atoms with Crippen LogP contribution in [-0.2, 0) is 28.6 Å². The third-order valence-electron chi connectivity index (χ3n) is 12.1. The van der Waals surface area contributed by atoms with Crippen molar-refractivity contribution in [3.63, 3.8) is 0 Å². The fourth-order valence-corrected chi connectivity index (χ4v) is 7.82. The van der Waals surface area contributed by atoms with Crippen molar-refractivity contribution in [2.24, 2.45) is 0 Å². The first kappa shape index (κ1) is 64.0. The lowest BCUT2D eigenvalue weighted by Crippen LogP contribution is -2.30. The molecule has 0 radical (unpaired) electrons. The quantitative estimate of drug-likeness (QED) is 0.0343. The summed E-state index contributed by atoms with van der Waals surface area (Å²) in [6.45, 7) is 6.72. The summed E-state index contributed by atoms with van der Waals surface area (Å²) in [6, 6.07) is 0. The molecule has 0 rings (SSSR count). The van der Waals surface area contributed by atoms with Gasteiger partial charge < -0.3 is 14.2 Å². The molecule has 0 aliphatic rings. The Bertz CT molecular complexity index is 1260. The predicted octanol–water partition coefficient (Wildman–Crippen LogP) is 18.6. The second-order valence-electron chi connectivity index (χ2n) is 18.9. The minimum Gasteiger partial charge on any atom is -0.462 e. The summed E-state index contributed by atoms with van der Waals surface area (Å²) in [5, 5.41) is 0. The van der Waals surface area contributed by atoms with Crippen LogP contribution in [0, 0.1) is 0 Å². The third kappa shape index (κ3) is 53.8. The summed E-state index contributed by atoms with van der Waals surface area (Å²) in [4.78, 5) is 38.1. The van der Waals surface area contributed by atoms with Crippen LogP contribution in [0.25, 0.3) is 0 Å². The minimum atomic E-state index is -0.720. The fourth-order valence-electron chi connectivity index (χ4n) is 7.82. The van der Waals surface area contributed by atoms with Crippen LogP contribution in [0.4, 0.5) is 0 Å². The first-order chi connectivity index (χ1) is 33.0. The van der Waals surface area contributed by atoms with Crippen molar-refractivity contribution in [2.75, 3.05) is 19.8 Å². The van der Waals surface area contributed by atoms with Gasteiger partial charge in [-0.15, -0.1) is 0 Å². The monoisotopic (exact) mass is 935 g/mol. The fraction of sp³-hybridized carbons (Fsp3) is 0.754. The van der Waals surface area contributed by atoms with E-state index < -0.39 is 6.10 Å². The van der Waals surface area contributed by atoms with Crippen LogP contribution in [-0.4, -0.2) is 43.6 Å². The Morgan fingerprint density at radius 2 is 0.657 bits per heavy atom. The van der Waals surface area contributed by atoms with Gasteiger partial charge in [-0.3, -0.25) is 14.4 Å². The minimum absolute atomic E-state index is 0.0136. The van der Waals surface area contributed by atoms with Crippen LogP contribution in [0.5, 0.6) is 0 Å². The molecular weight excluding hydrogens is 829 g/mol. The molecule has 0 aliphatic carbocycles. The zero-order valence-electron chi connectivity index (χ0n) is 44.2. The third-order valence-corrected chi connectivity index (χ3v) is 12.1. The summed E-state index contributed by atoms with van der Waals surface area (Å²) in [6.07, 6.45) is 69.5. The van der Waals surface area contributed by atoms with Crippen LogP contribution in [0.15, 0.2) is 72.9 Å². The summed E-state index contributed by atoms with van der Waals surface area (Å²) in [5.41, 5.74) is 0. The molecule has 0 bridgehead atoms. The highest BCUT2D eigenvalue weighted by Gasteiger charge is 2.18. The Morgan fingerprint density at radius 1 is 0.343 bits per heavy atom. The number of unbranched alkanes of at least 4 members (excludes halogenated alkanes) is 27. The van der Waals surface area contributed by atoms with Gasteiger partial charge in [-0.1, -0.05) is 209 Å².